The lowest BCUT2D eigenvalue weighted by molar-refractivity contribution is -0.125. The number of carbonyl (C=O) groups excluding carboxylic acids is 1. The average Bonchev–Trinajstić information content (AvgIpc) is 2.93. The third-order valence-corrected chi connectivity index (χ3v) is 4.19. The van der Waals surface area contributed by atoms with Crippen molar-refractivity contribution in [2.24, 2.45) is 0 Å². The molecule has 0 radical (unpaired) electrons. The molecule has 0 bridgehead atoms. The van der Waals surface area contributed by atoms with Crippen LogP contribution >= 0.6 is 0 Å². The Bertz CT molecular complexity index is 476. The van der Waals surface area contributed by atoms with Crippen molar-refractivity contribution in [3.63, 3.8) is 0 Å². The van der Waals surface area contributed by atoms with E-state index in [4.69, 9.17) is 0 Å². The van der Waals surface area contributed by atoms with Crippen LogP contribution in [0.25, 0.3) is 0 Å². The molecule has 1 saturated heterocycles. The molecule has 0 aromatic heterocycles. The minimum atomic E-state index is -0.642. The summed E-state index contributed by atoms with van der Waals surface area (Å²) in [5.74, 6) is 0.0496. The molecule has 0 saturated carbocycles. The van der Waals surface area contributed by atoms with Crippen LogP contribution in [0.15, 0.2) is 24.3 Å². The maximum atomic E-state index is 12.3. The van der Waals surface area contributed by atoms with Gasteiger partial charge >= 0.3 is 0 Å². The van der Waals surface area contributed by atoms with Crippen LogP contribution in [0.5, 0.6) is 0 Å². The van der Waals surface area contributed by atoms with E-state index in [0.717, 1.165) is 43.5 Å². The van der Waals surface area contributed by atoms with E-state index in [1.165, 1.54) is 0 Å². The van der Waals surface area contributed by atoms with Crippen molar-refractivity contribution in [3.05, 3.63) is 35.4 Å². The van der Waals surface area contributed by atoms with Gasteiger partial charge in [0.2, 0.25) is 5.91 Å². The van der Waals surface area contributed by atoms with Crippen molar-refractivity contribution >= 4 is 5.91 Å². The van der Waals surface area contributed by atoms with Gasteiger partial charge in [0.1, 0.15) is 0 Å². The van der Waals surface area contributed by atoms with Gasteiger partial charge in [-0.15, -0.1) is 0 Å². The van der Waals surface area contributed by atoms with E-state index in [-0.39, 0.29) is 18.5 Å². The zero-order chi connectivity index (χ0) is 15.2. The molecular weight excluding hydrogens is 264 g/mol. The number of likely N-dealkylation sites (tertiary alicyclic amines) is 1. The van der Waals surface area contributed by atoms with E-state index in [1.807, 2.05) is 31.2 Å². The Morgan fingerprint density at radius 3 is 2.95 bits per heavy atom. The highest BCUT2D eigenvalue weighted by molar-refractivity contribution is 5.82. The Balaban J connectivity index is 1.87. The summed E-state index contributed by atoms with van der Waals surface area (Å²) >= 11 is 0. The Morgan fingerprint density at radius 1 is 1.48 bits per heavy atom. The molecule has 4 heteroatoms. The van der Waals surface area contributed by atoms with Crippen LogP contribution in [0.1, 0.15) is 43.4 Å². The highest BCUT2D eigenvalue weighted by Crippen LogP contribution is 2.19. The Kier molecular flexibility index (Phi) is 5.76. The number of aliphatic hydroxyl groups is 1. The predicted molar refractivity (Wildman–Crippen MR) is 84.0 cm³/mol. The van der Waals surface area contributed by atoms with Gasteiger partial charge in [0.05, 0.1) is 12.1 Å². The molecule has 2 atom stereocenters. The zero-order valence-electron chi connectivity index (χ0n) is 13.0. The summed E-state index contributed by atoms with van der Waals surface area (Å²) in [4.78, 5) is 14.5. The predicted octanol–water partition coefficient (Wildman–Crippen LogP) is 2.02. The topological polar surface area (TPSA) is 52.6 Å². The summed E-state index contributed by atoms with van der Waals surface area (Å²) < 4.78 is 0. The van der Waals surface area contributed by atoms with Gasteiger partial charge < -0.3 is 10.4 Å². The number of nitrogens with one attached hydrogen (secondary N) is 1. The minimum Gasteiger partial charge on any atom is -0.387 e. The van der Waals surface area contributed by atoms with Gasteiger partial charge in [0, 0.05) is 6.54 Å². The molecular formula is C17H26N2O2. The van der Waals surface area contributed by atoms with Crippen molar-refractivity contribution in [2.75, 3.05) is 19.6 Å². The van der Waals surface area contributed by atoms with Crippen LogP contribution in [0, 0.1) is 6.92 Å². The fraction of sp³-hybridized carbons (Fsp3) is 0.588. The number of aliphatic hydroxyl groups excluding tert-OH is 1. The number of aryl methyl sites for hydroxylation is 1. The van der Waals surface area contributed by atoms with Gasteiger partial charge in [-0.1, -0.05) is 31.2 Å². The molecule has 4 nitrogen and oxygen atoms in total. The first-order valence-corrected chi connectivity index (χ1v) is 7.88. The maximum Gasteiger partial charge on any atom is 0.237 e. The van der Waals surface area contributed by atoms with Crippen LogP contribution < -0.4 is 5.32 Å². The normalized spacial score (nSPS) is 20.4. The molecule has 1 fully saturated rings. The summed E-state index contributed by atoms with van der Waals surface area (Å²) in [6, 6.07) is 7.72. The Hall–Kier alpha value is -1.39. The molecule has 1 aliphatic rings. The second-order valence-corrected chi connectivity index (χ2v) is 5.81. The molecule has 2 rings (SSSR count). The summed E-state index contributed by atoms with van der Waals surface area (Å²) in [5, 5.41) is 13.1. The number of hydrogen-bond acceptors (Lipinski definition) is 3. The molecule has 116 valence electrons. The lowest BCUT2D eigenvalue weighted by Gasteiger charge is -2.23. The summed E-state index contributed by atoms with van der Waals surface area (Å²) in [6.07, 6.45) is 2.43. The Morgan fingerprint density at radius 2 is 2.24 bits per heavy atom. The minimum absolute atomic E-state index is 0.0194. The second kappa shape index (κ2) is 7.57. The molecule has 2 unspecified atom stereocenters. The van der Waals surface area contributed by atoms with E-state index in [1.54, 1.807) is 0 Å². The second-order valence-electron chi connectivity index (χ2n) is 5.81. The molecule has 1 aliphatic heterocycles. The third-order valence-electron chi connectivity index (χ3n) is 4.19. The Labute approximate surface area is 127 Å². The van der Waals surface area contributed by atoms with Crippen molar-refractivity contribution in [2.45, 2.75) is 45.3 Å². The van der Waals surface area contributed by atoms with Gasteiger partial charge in [-0.25, -0.2) is 0 Å². The summed E-state index contributed by atoms with van der Waals surface area (Å²) in [7, 11) is 0. The van der Waals surface area contributed by atoms with Gasteiger partial charge in [-0.2, -0.15) is 0 Å². The summed E-state index contributed by atoms with van der Waals surface area (Å²) in [5.41, 5.74) is 1.93. The highest BCUT2D eigenvalue weighted by Gasteiger charge is 2.29. The molecule has 21 heavy (non-hydrogen) atoms. The first-order valence-electron chi connectivity index (χ1n) is 7.88. The molecule has 1 amide bonds. The molecule has 1 heterocycles. The van der Waals surface area contributed by atoms with Crippen LogP contribution in [0.3, 0.4) is 0 Å². The molecule has 1 aromatic carbocycles. The average molecular weight is 290 g/mol. The lowest BCUT2D eigenvalue weighted by atomic mass is 10.0. The highest BCUT2D eigenvalue weighted by atomic mass is 16.3. The van der Waals surface area contributed by atoms with Gasteiger partial charge in [0.15, 0.2) is 0 Å². The van der Waals surface area contributed by atoms with Gasteiger partial charge in [-0.3, -0.25) is 9.69 Å². The number of amides is 1. The standard InChI is InChI=1S/C17H26N2O2/c1-3-10-19-11-6-9-15(19)17(21)18-12-16(20)14-8-5-4-7-13(14)2/h4-5,7-8,15-16,20H,3,6,9-12H2,1-2H3,(H,18,21). The van der Waals surface area contributed by atoms with Crippen molar-refractivity contribution in [3.8, 4) is 0 Å². The fourth-order valence-corrected chi connectivity index (χ4v) is 3.06. The molecule has 0 aliphatic carbocycles. The molecule has 0 spiro atoms. The smallest absolute Gasteiger partial charge is 0.237 e. The molecule has 2 N–H and O–H groups in total. The third kappa shape index (κ3) is 4.05. The first kappa shape index (κ1) is 16.0. The van der Waals surface area contributed by atoms with E-state index in [0.29, 0.717) is 0 Å². The quantitative estimate of drug-likeness (QED) is 0.843. The van der Waals surface area contributed by atoms with Gasteiger partial charge in [0.25, 0.3) is 0 Å². The number of hydrogen-bond donors (Lipinski definition) is 2. The van der Waals surface area contributed by atoms with Crippen molar-refractivity contribution in [1.82, 2.24) is 10.2 Å². The van der Waals surface area contributed by atoms with E-state index < -0.39 is 6.10 Å². The number of carbonyl (C=O) groups is 1. The van der Waals surface area contributed by atoms with E-state index in [2.05, 4.69) is 17.1 Å². The van der Waals surface area contributed by atoms with Crippen LogP contribution in [-0.4, -0.2) is 41.6 Å². The van der Waals surface area contributed by atoms with Crippen LogP contribution in [-0.2, 0) is 4.79 Å². The maximum absolute atomic E-state index is 12.3. The van der Waals surface area contributed by atoms with Crippen LogP contribution in [0.2, 0.25) is 0 Å². The van der Waals surface area contributed by atoms with Crippen LogP contribution in [0.4, 0.5) is 0 Å². The van der Waals surface area contributed by atoms with E-state index in [9.17, 15) is 9.90 Å². The summed E-state index contributed by atoms with van der Waals surface area (Å²) in [6.45, 7) is 6.36. The first-order chi connectivity index (χ1) is 10.1. The van der Waals surface area contributed by atoms with Gasteiger partial charge in [-0.05, 0) is 50.4 Å². The molecule has 1 aromatic rings. The van der Waals surface area contributed by atoms with E-state index >= 15 is 0 Å². The monoisotopic (exact) mass is 290 g/mol. The van der Waals surface area contributed by atoms with Crippen molar-refractivity contribution in [1.29, 1.82) is 0 Å². The number of nitrogens with zero attached hydrogens (tertiary/aromatic N) is 1. The number of rotatable bonds is 6. The number of benzene rings is 1. The fourth-order valence-electron chi connectivity index (χ4n) is 3.06. The SMILES string of the molecule is CCCN1CCCC1C(=O)NCC(O)c1ccccc1C. The zero-order valence-corrected chi connectivity index (χ0v) is 13.0. The lowest BCUT2D eigenvalue weighted by Crippen LogP contribution is -2.44. The largest absolute Gasteiger partial charge is 0.387 e. The van der Waals surface area contributed by atoms with Crippen molar-refractivity contribution < 1.29 is 9.90 Å².